The molecule has 136 valence electrons. The molecule has 2 atom stereocenters. The van der Waals surface area contributed by atoms with Crippen LogP contribution in [0.1, 0.15) is 37.0 Å². The third-order valence-corrected chi connectivity index (χ3v) is 4.02. The smallest absolute Gasteiger partial charge is 0.317 e. The average Bonchev–Trinajstić information content (AvgIpc) is 3.09. The van der Waals surface area contributed by atoms with Crippen LogP contribution in [-0.4, -0.2) is 25.3 Å². The number of hydrogen-bond acceptors (Lipinski definition) is 6. The lowest BCUT2D eigenvalue weighted by Crippen LogP contribution is -2.26. The highest BCUT2D eigenvalue weighted by Crippen LogP contribution is 2.40. The molecule has 1 heterocycles. The summed E-state index contributed by atoms with van der Waals surface area (Å²) in [4.78, 5) is 24.5. The minimum Gasteiger partial charge on any atom is -0.465 e. The fourth-order valence-corrected chi connectivity index (χ4v) is 2.92. The molecule has 0 radical (unpaired) electrons. The van der Waals surface area contributed by atoms with Gasteiger partial charge in [0.25, 0.3) is 0 Å². The van der Waals surface area contributed by atoms with E-state index in [4.69, 9.17) is 18.9 Å². The molecule has 0 bridgehead atoms. The molecule has 0 N–H and O–H groups in total. The number of rotatable bonds is 6. The third kappa shape index (κ3) is 3.79. The van der Waals surface area contributed by atoms with E-state index in [9.17, 15) is 9.59 Å². The third-order valence-electron chi connectivity index (χ3n) is 4.02. The standard InChI is InChI=1S/C20H20O6/c1-3-23-20(22)18(14-7-5-4-6-8-14)19(26-13(2)21)15-9-10-16-17(11-15)25-12-24-16/h4-11,18-19H,3,12H2,1-2H3. The molecule has 0 saturated carbocycles. The number of fused-ring (bicyclic) bond motifs is 1. The number of hydrogen-bond donors (Lipinski definition) is 0. The van der Waals surface area contributed by atoms with Crippen molar-refractivity contribution in [2.24, 2.45) is 0 Å². The van der Waals surface area contributed by atoms with E-state index < -0.39 is 24.0 Å². The Kier molecular flexibility index (Phi) is 5.41. The molecule has 1 aliphatic rings. The molecule has 2 unspecified atom stereocenters. The highest BCUT2D eigenvalue weighted by atomic mass is 16.7. The second-order valence-corrected chi connectivity index (χ2v) is 5.78. The van der Waals surface area contributed by atoms with Crippen LogP contribution in [0.5, 0.6) is 11.5 Å². The van der Waals surface area contributed by atoms with Gasteiger partial charge in [0.05, 0.1) is 6.61 Å². The Hall–Kier alpha value is -3.02. The number of ether oxygens (including phenoxy) is 4. The van der Waals surface area contributed by atoms with Crippen LogP contribution >= 0.6 is 0 Å². The van der Waals surface area contributed by atoms with Gasteiger partial charge in [0.15, 0.2) is 11.5 Å². The predicted molar refractivity (Wildman–Crippen MR) is 92.9 cm³/mol. The summed E-state index contributed by atoms with van der Waals surface area (Å²) in [5.74, 6) is -0.570. The van der Waals surface area contributed by atoms with Crippen molar-refractivity contribution in [1.82, 2.24) is 0 Å². The van der Waals surface area contributed by atoms with Crippen LogP contribution in [0.4, 0.5) is 0 Å². The van der Waals surface area contributed by atoms with Crippen LogP contribution in [0.15, 0.2) is 48.5 Å². The lowest BCUT2D eigenvalue weighted by molar-refractivity contribution is -0.156. The number of esters is 2. The first-order chi connectivity index (χ1) is 12.6. The number of carbonyl (C=O) groups is 2. The van der Waals surface area contributed by atoms with E-state index in [1.54, 1.807) is 25.1 Å². The Labute approximate surface area is 151 Å². The quantitative estimate of drug-likeness (QED) is 0.739. The summed E-state index contributed by atoms with van der Waals surface area (Å²) in [5, 5.41) is 0. The zero-order valence-electron chi connectivity index (χ0n) is 14.6. The summed E-state index contributed by atoms with van der Waals surface area (Å²) in [6.07, 6.45) is -0.844. The lowest BCUT2D eigenvalue weighted by atomic mass is 9.88. The molecule has 3 rings (SSSR count). The predicted octanol–water partition coefficient (Wildman–Crippen LogP) is 3.37. The minimum atomic E-state index is -0.844. The van der Waals surface area contributed by atoms with Crippen molar-refractivity contribution in [3.63, 3.8) is 0 Å². The molecule has 0 amide bonds. The Morgan fingerprint density at radius 3 is 2.46 bits per heavy atom. The Balaban J connectivity index is 2.05. The topological polar surface area (TPSA) is 71.1 Å². The maximum Gasteiger partial charge on any atom is 0.317 e. The zero-order chi connectivity index (χ0) is 18.5. The summed E-state index contributed by atoms with van der Waals surface area (Å²) in [7, 11) is 0. The van der Waals surface area contributed by atoms with Gasteiger partial charge in [0.2, 0.25) is 6.79 Å². The first-order valence-corrected chi connectivity index (χ1v) is 8.38. The molecule has 26 heavy (non-hydrogen) atoms. The van der Waals surface area contributed by atoms with Crippen molar-refractivity contribution in [2.45, 2.75) is 25.9 Å². The highest BCUT2D eigenvalue weighted by Gasteiger charge is 2.35. The average molecular weight is 356 g/mol. The van der Waals surface area contributed by atoms with Crippen LogP contribution < -0.4 is 9.47 Å². The fraction of sp³-hybridized carbons (Fsp3) is 0.300. The van der Waals surface area contributed by atoms with E-state index in [-0.39, 0.29) is 13.4 Å². The van der Waals surface area contributed by atoms with Gasteiger partial charge in [-0.2, -0.15) is 0 Å². The molecule has 6 heteroatoms. The molecule has 0 aliphatic carbocycles. The molecule has 0 fully saturated rings. The van der Waals surface area contributed by atoms with Gasteiger partial charge in [-0.05, 0) is 30.2 Å². The number of carbonyl (C=O) groups excluding carboxylic acids is 2. The van der Waals surface area contributed by atoms with Crippen LogP contribution in [0, 0.1) is 0 Å². The molecule has 2 aromatic carbocycles. The molecule has 1 aliphatic heterocycles. The van der Waals surface area contributed by atoms with E-state index >= 15 is 0 Å². The van der Waals surface area contributed by atoms with Gasteiger partial charge in [0.1, 0.15) is 12.0 Å². The maximum absolute atomic E-state index is 12.7. The van der Waals surface area contributed by atoms with E-state index in [0.29, 0.717) is 22.6 Å². The molecule has 0 spiro atoms. The van der Waals surface area contributed by atoms with Gasteiger partial charge in [-0.15, -0.1) is 0 Å². The maximum atomic E-state index is 12.7. The molecule has 0 aromatic heterocycles. The first kappa shape index (κ1) is 17.8. The van der Waals surface area contributed by atoms with E-state index in [0.717, 1.165) is 0 Å². The molecule has 6 nitrogen and oxygen atoms in total. The van der Waals surface area contributed by atoms with Crippen molar-refractivity contribution < 1.29 is 28.5 Å². The Morgan fingerprint density at radius 1 is 1.04 bits per heavy atom. The molecular weight excluding hydrogens is 336 g/mol. The fourth-order valence-electron chi connectivity index (χ4n) is 2.92. The van der Waals surface area contributed by atoms with Crippen molar-refractivity contribution in [3.8, 4) is 11.5 Å². The van der Waals surface area contributed by atoms with Gasteiger partial charge in [-0.3, -0.25) is 9.59 Å². The normalized spacial score (nSPS) is 14.4. The summed E-state index contributed by atoms with van der Waals surface area (Å²) in [6.45, 7) is 3.42. The first-order valence-electron chi connectivity index (χ1n) is 8.38. The van der Waals surface area contributed by atoms with Gasteiger partial charge in [-0.25, -0.2) is 0 Å². The van der Waals surface area contributed by atoms with Gasteiger partial charge in [0, 0.05) is 6.92 Å². The summed E-state index contributed by atoms with van der Waals surface area (Å²) in [6, 6.07) is 14.4. The number of benzene rings is 2. The van der Waals surface area contributed by atoms with E-state index in [1.807, 2.05) is 30.3 Å². The van der Waals surface area contributed by atoms with Crippen molar-refractivity contribution in [2.75, 3.05) is 13.4 Å². The Bertz CT molecular complexity index is 786. The minimum absolute atomic E-state index is 0.136. The monoisotopic (exact) mass is 356 g/mol. The Morgan fingerprint density at radius 2 is 1.77 bits per heavy atom. The van der Waals surface area contributed by atoms with Crippen LogP contribution in [0.25, 0.3) is 0 Å². The largest absolute Gasteiger partial charge is 0.465 e. The molecule has 0 saturated heterocycles. The lowest BCUT2D eigenvalue weighted by Gasteiger charge is -2.26. The molecule has 2 aromatic rings. The zero-order valence-corrected chi connectivity index (χ0v) is 14.6. The summed E-state index contributed by atoms with van der Waals surface area (Å²) in [5.41, 5.74) is 1.33. The summed E-state index contributed by atoms with van der Waals surface area (Å²) < 4.78 is 21.5. The second kappa shape index (κ2) is 7.91. The molecular formula is C20H20O6. The summed E-state index contributed by atoms with van der Waals surface area (Å²) >= 11 is 0. The van der Waals surface area contributed by atoms with Gasteiger partial charge < -0.3 is 18.9 Å². The van der Waals surface area contributed by atoms with Gasteiger partial charge in [-0.1, -0.05) is 36.4 Å². The van der Waals surface area contributed by atoms with Gasteiger partial charge >= 0.3 is 11.9 Å². The highest BCUT2D eigenvalue weighted by molar-refractivity contribution is 5.80. The van der Waals surface area contributed by atoms with Crippen molar-refractivity contribution in [3.05, 3.63) is 59.7 Å². The SMILES string of the molecule is CCOC(=O)C(c1ccccc1)C(OC(C)=O)c1ccc2c(c1)OCO2. The van der Waals surface area contributed by atoms with Crippen LogP contribution in [0.3, 0.4) is 0 Å². The van der Waals surface area contributed by atoms with Crippen molar-refractivity contribution in [1.29, 1.82) is 0 Å². The van der Waals surface area contributed by atoms with Crippen LogP contribution in [0.2, 0.25) is 0 Å². The van der Waals surface area contributed by atoms with E-state index in [2.05, 4.69) is 0 Å². The second-order valence-electron chi connectivity index (χ2n) is 5.78. The van der Waals surface area contributed by atoms with Crippen molar-refractivity contribution >= 4 is 11.9 Å². The van der Waals surface area contributed by atoms with Crippen LogP contribution in [-0.2, 0) is 19.1 Å². The van der Waals surface area contributed by atoms with E-state index in [1.165, 1.54) is 6.92 Å².